The molecule has 1 atom stereocenters. The van der Waals surface area contributed by atoms with Crippen LogP contribution in [0.1, 0.15) is 30.0 Å². The number of rotatable bonds is 5. The summed E-state index contributed by atoms with van der Waals surface area (Å²) in [6, 6.07) is 13.7. The smallest absolute Gasteiger partial charge is 0.207 e. The van der Waals surface area contributed by atoms with Crippen LogP contribution in [0.5, 0.6) is 0 Å². The maximum absolute atomic E-state index is 14.0. The van der Waals surface area contributed by atoms with Gasteiger partial charge in [-0.1, -0.05) is 48.0 Å². The number of nitrogens with zero attached hydrogens (tertiary/aromatic N) is 2. The minimum atomic E-state index is -3.73. The summed E-state index contributed by atoms with van der Waals surface area (Å²) in [5.41, 5.74) is 1.16. The van der Waals surface area contributed by atoms with Gasteiger partial charge in [0.15, 0.2) is 0 Å². The highest BCUT2D eigenvalue weighted by atomic mass is 35.5. The SMILES string of the molecule is CN(Cc1c(F)cccc1Cl)S(=O)(=O)N1CCCC1c1ccccc1. The summed E-state index contributed by atoms with van der Waals surface area (Å²) >= 11 is 6.03. The molecule has 1 saturated heterocycles. The molecule has 0 saturated carbocycles. The van der Waals surface area contributed by atoms with Crippen molar-refractivity contribution in [1.29, 1.82) is 0 Å². The topological polar surface area (TPSA) is 40.6 Å². The Labute approximate surface area is 153 Å². The maximum Gasteiger partial charge on any atom is 0.282 e. The fraction of sp³-hybridized carbons (Fsp3) is 0.333. The Hall–Kier alpha value is -1.47. The van der Waals surface area contributed by atoms with Crippen molar-refractivity contribution in [2.45, 2.75) is 25.4 Å². The first-order valence-corrected chi connectivity index (χ1v) is 9.89. The van der Waals surface area contributed by atoms with E-state index >= 15 is 0 Å². The Morgan fingerprint density at radius 3 is 2.60 bits per heavy atom. The zero-order valence-corrected chi connectivity index (χ0v) is 15.5. The minimum Gasteiger partial charge on any atom is -0.207 e. The molecule has 2 aromatic carbocycles. The summed E-state index contributed by atoms with van der Waals surface area (Å²) in [6.07, 6.45) is 1.57. The molecule has 0 radical (unpaired) electrons. The summed E-state index contributed by atoms with van der Waals surface area (Å²) in [5, 5.41) is 0.225. The van der Waals surface area contributed by atoms with Crippen LogP contribution in [0.3, 0.4) is 0 Å². The molecule has 2 aromatic rings. The third-order valence-corrected chi connectivity index (χ3v) is 6.82. The summed E-state index contributed by atoms with van der Waals surface area (Å²) in [4.78, 5) is 0. The van der Waals surface area contributed by atoms with E-state index in [9.17, 15) is 12.8 Å². The van der Waals surface area contributed by atoms with Crippen LogP contribution in [0.2, 0.25) is 5.02 Å². The third-order valence-electron chi connectivity index (χ3n) is 4.52. The first-order chi connectivity index (χ1) is 11.9. The molecule has 1 aliphatic heterocycles. The van der Waals surface area contributed by atoms with Crippen molar-refractivity contribution in [2.24, 2.45) is 0 Å². The largest absolute Gasteiger partial charge is 0.282 e. The monoisotopic (exact) mass is 382 g/mol. The Morgan fingerprint density at radius 2 is 1.92 bits per heavy atom. The zero-order valence-electron chi connectivity index (χ0n) is 13.9. The van der Waals surface area contributed by atoms with Gasteiger partial charge < -0.3 is 0 Å². The second kappa shape index (κ2) is 7.41. The van der Waals surface area contributed by atoms with Gasteiger partial charge in [-0.05, 0) is 30.5 Å². The molecule has 134 valence electrons. The highest BCUT2D eigenvalue weighted by Gasteiger charge is 2.37. The first-order valence-electron chi connectivity index (χ1n) is 8.12. The van der Waals surface area contributed by atoms with Crippen LogP contribution in [0.25, 0.3) is 0 Å². The van der Waals surface area contributed by atoms with Gasteiger partial charge in [0.1, 0.15) is 5.82 Å². The summed E-state index contributed by atoms with van der Waals surface area (Å²) < 4.78 is 42.7. The van der Waals surface area contributed by atoms with Crippen molar-refractivity contribution in [2.75, 3.05) is 13.6 Å². The highest BCUT2D eigenvalue weighted by Crippen LogP contribution is 2.35. The highest BCUT2D eigenvalue weighted by molar-refractivity contribution is 7.86. The Balaban J connectivity index is 1.85. The van der Waals surface area contributed by atoms with Gasteiger partial charge in [0.2, 0.25) is 0 Å². The summed E-state index contributed by atoms with van der Waals surface area (Å²) in [5.74, 6) is -0.504. The van der Waals surface area contributed by atoms with Gasteiger partial charge in [-0.15, -0.1) is 0 Å². The van der Waals surface area contributed by atoms with Crippen LogP contribution in [0.4, 0.5) is 4.39 Å². The number of hydrogen-bond donors (Lipinski definition) is 0. The van der Waals surface area contributed by atoms with E-state index in [0.717, 1.165) is 18.4 Å². The average molecular weight is 383 g/mol. The number of hydrogen-bond acceptors (Lipinski definition) is 2. The van der Waals surface area contributed by atoms with Crippen molar-refractivity contribution in [3.8, 4) is 0 Å². The van der Waals surface area contributed by atoms with E-state index in [-0.39, 0.29) is 23.2 Å². The summed E-state index contributed by atoms with van der Waals surface area (Å²) in [7, 11) is -2.27. The van der Waals surface area contributed by atoms with Crippen LogP contribution in [-0.2, 0) is 16.8 Å². The lowest BCUT2D eigenvalue weighted by Crippen LogP contribution is -2.41. The lowest BCUT2D eigenvalue weighted by molar-refractivity contribution is 0.343. The third kappa shape index (κ3) is 3.72. The van der Waals surface area contributed by atoms with Gasteiger partial charge in [-0.2, -0.15) is 17.0 Å². The van der Waals surface area contributed by atoms with Gasteiger partial charge >= 0.3 is 0 Å². The summed E-state index contributed by atoms with van der Waals surface area (Å²) in [6.45, 7) is 0.350. The fourth-order valence-corrected chi connectivity index (χ4v) is 4.97. The van der Waals surface area contributed by atoms with Crippen molar-refractivity contribution in [3.63, 3.8) is 0 Å². The van der Waals surface area contributed by atoms with Gasteiger partial charge in [0.05, 0.1) is 6.04 Å². The Bertz CT molecular complexity index is 825. The maximum atomic E-state index is 14.0. The Morgan fingerprint density at radius 1 is 1.20 bits per heavy atom. The quantitative estimate of drug-likeness (QED) is 0.784. The van der Waals surface area contributed by atoms with Gasteiger partial charge in [0.25, 0.3) is 10.2 Å². The minimum absolute atomic E-state index is 0.105. The molecule has 0 spiro atoms. The van der Waals surface area contributed by atoms with Crippen LogP contribution >= 0.6 is 11.6 Å². The number of halogens is 2. The second-order valence-electron chi connectivity index (χ2n) is 6.14. The van der Waals surface area contributed by atoms with E-state index < -0.39 is 16.0 Å². The molecule has 0 bridgehead atoms. The van der Waals surface area contributed by atoms with Crippen molar-refractivity contribution in [3.05, 3.63) is 70.5 Å². The molecule has 0 N–H and O–H groups in total. The van der Waals surface area contributed by atoms with Crippen molar-refractivity contribution < 1.29 is 12.8 Å². The molecule has 25 heavy (non-hydrogen) atoms. The van der Waals surface area contributed by atoms with Crippen LogP contribution in [0, 0.1) is 5.82 Å². The molecule has 0 amide bonds. The van der Waals surface area contributed by atoms with Crippen LogP contribution in [0.15, 0.2) is 48.5 Å². The van der Waals surface area contributed by atoms with Gasteiger partial charge in [0, 0.05) is 30.7 Å². The van der Waals surface area contributed by atoms with Crippen LogP contribution in [-0.4, -0.2) is 30.6 Å². The van der Waals surface area contributed by atoms with E-state index in [1.54, 1.807) is 6.07 Å². The molecule has 1 aliphatic rings. The molecule has 1 fully saturated rings. The second-order valence-corrected chi connectivity index (χ2v) is 8.54. The molecule has 1 heterocycles. The molecular weight excluding hydrogens is 363 g/mol. The first kappa shape index (κ1) is 18.3. The van der Waals surface area contributed by atoms with Crippen molar-refractivity contribution >= 4 is 21.8 Å². The van der Waals surface area contributed by atoms with Crippen LogP contribution < -0.4 is 0 Å². The van der Waals surface area contributed by atoms with E-state index in [0.29, 0.717) is 6.54 Å². The molecule has 0 aromatic heterocycles. The fourth-order valence-electron chi connectivity index (χ4n) is 3.19. The lowest BCUT2D eigenvalue weighted by atomic mass is 10.1. The molecule has 7 heteroatoms. The van der Waals surface area contributed by atoms with Gasteiger partial charge in [-0.25, -0.2) is 4.39 Å². The zero-order chi connectivity index (χ0) is 18.0. The van der Waals surface area contributed by atoms with E-state index in [1.165, 1.54) is 27.8 Å². The average Bonchev–Trinajstić information content (AvgIpc) is 3.09. The van der Waals surface area contributed by atoms with E-state index in [2.05, 4.69) is 0 Å². The molecule has 4 nitrogen and oxygen atoms in total. The normalized spacial score (nSPS) is 18.8. The molecule has 0 aliphatic carbocycles. The predicted octanol–water partition coefficient (Wildman–Crippen LogP) is 3.99. The predicted molar refractivity (Wildman–Crippen MR) is 96.9 cm³/mol. The number of benzene rings is 2. The Kier molecular flexibility index (Phi) is 5.43. The standard InChI is InChI=1S/C18H20ClFN2O2S/c1-21(13-15-16(19)9-5-10-17(15)20)25(23,24)22-12-6-11-18(22)14-7-3-2-4-8-14/h2-5,7-10,18H,6,11-13H2,1H3. The van der Waals surface area contributed by atoms with E-state index in [4.69, 9.17) is 11.6 Å². The molecular formula is C18H20ClFN2O2S. The lowest BCUT2D eigenvalue weighted by Gasteiger charge is -2.29. The van der Waals surface area contributed by atoms with Crippen molar-refractivity contribution in [1.82, 2.24) is 8.61 Å². The molecule has 1 unspecified atom stereocenters. The molecule has 3 rings (SSSR count). The van der Waals surface area contributed by atoms with E-state index in [1.807, 2.05) is 30.3 Å². The van der Waals surface area contributed by atoms with Gasteiger partial charge in [-0.3, -0.25) is 0 Å².